The Hall–Kier alpha value is -2.97. The van der Waals surface area contributed by atoms with Gasteiger partial charge in [-0.2, -0.15) is 10.1 Å². The molecule has 3 aromatic rings. The third kappa shape index (κ3) is 3.00. The predicted molar refractivity (Wildman–Crippen MR) is 102 cm³/mol. The first-order valence-corrected chi connectivity index (χ1v) is 8.89. The number of piperazine rings is 1. The topological polar surface area (TPSA) is 87.9 Å². The number of nitrogens with one attached hydrogen (secondary N) is 1. The van der Waals surface area contributed by atoms with Crippen LogP contribution in [0, 0.1) is 6.92 Å². The molecule has 9 heteroatoms. The Morgan fingerprint density at radius 1 is 1.08 bits per heavy atom. The maximum atomic E-state index is 4.68. The molecule has 0 amide bonds. The van der Waals surface area contributed by atoms with E-state index in [0.717, 1.165) is 67.2 Å². The SMILES string of the molecule is CCNc1ccnc(N2CCN(c3nc(C)nc4c3cnn4C)CC2)n1. The maximum Gasteiger partial charge on any atom is 0.227 e. The fourth-order valence-electron chi connectivity index (χ4n) is 3.25. The zero-order valence-corrected chi connectivity index (χ0v) is 15.3. The summed E-state index contributed by atoms with van der Waals surface area (Å²) in [5, 5.41) is 8.57. The predicted octanol–water partition coefficient (Wildman–Crippen LogP) is 1.22. The molecule has 136 valence electrons. The Kier molecular flexibility index (Phi) is 4.27. The van der Waals surface area contributed by atoms with Gasteiger partial charge in [0.25, 0.3) is 0 Å². The summed E-state index contributed by atoms with van der Waals surface area (Å²) in [4.78, 5) is 22.7. The van der Waals surface area contributed by atoms with E-state index in [2.05, 4.69) is 47.1 Å². The van der Waals surface area contributed by atoms with Gasteiger partial charge in [0.05, 0.1) is 11.6 Å². The smallest absolute Gasteiger partial charge is 0.227 e. The van der Waals surface area contributed by atoms with Gasteiger partial charge in [0, 0.05) is 46.0 Å². The highest BCUT2D eigenvalue weighted by Crippen LogP contribution is 2.25. The third-order valence-corrected chi connectivity index (χ3v) is 4.55. The van der Waals surface area contributed by atoms with Gasteiger partial charge >= 0.3 is 0 Å². The van der Waals surface area contributed by atoms with Gasteiger partial charge in [-0.1, -0.05) is 0 Å². The number of aromatic nitrogens is 6. The van der Waals surface area contributed by atoms with Crippen molar-refractivity contribution in [3.63, 3.8) is 0 Å². The Bertz CT molecular complexity index is 912. The van der Waals surface area contributed by atoms with E-state index in [1.165, 1.54) is 0 Å². The Morgan fingerprint density at radius 3 is 2.62 bits per heavy atom. The number of aryl methyl sites for hydroxylation is 2. The van der Waals surface area contributed by atoms with Crippen molar-refractivity contribution >= 4 is 28.6 Å². The van der Waals surface area contributed by atoms with Gasteiger partial charge in [-0.3, -0.25) is 4.68 Å². The van der Waals surface area contributed by atoms with Crippen LogP contribution in [0.2, 0.25) is 0 Å². The van der Waals surface area contributed by atoms with E-state index in [-0.39, 0.29) is 0 Å². The number of hydrogen-bond donors (Lipinski definition) is 1. The largest absolute Gasteiger partial charge is 0.370 e. The molecule has 0 bridgehead atoms. The lowest BCUT2D eigenvalue weighted by Crippen LogP contribution is -2.47. The maximum absolute atomic E-state index is 4.68. The Labute approximate surface area is 152 Å². The van der Waals surface area contributed by atoms with Crippen LogP contribution >= 0.6 is 0 Å². The van der Waals surface area contributed by atoms with Crippen LogP contribution in [0.25, 0.3) is 11.0 Å². The van der Waals surface area contributed by atoms with Gasteiger partial charge in [-0.25, -0.2) is 15.0 Å². The molecule has 1 fully saturated rings. The van der Waals surface area contributed by atoms with E-state index in [0.29, 0.717) is 0 Å². The standard InChI is InChI=1S/C17H23N9/c1-4-18-14-5-6-19-17(23-14)26-9-7-25(8-10-26)16-13-11-20-24(3)15(13)21-12(2)22-16/h5-6,11H,4,7-10H2,1-3H3,(H,18,19,23). The van der Waals surface area contributed by atoms with E-state index in [9.17, 15) is 0 Å². The molecule has 4 rings (SSSR count). The normalized spacial score (nSPS) is 14.9. The fraction of sp³-hybridized carbons (Fsp3) is 0.471. The van der Waals surface area contributed by atoms with Crippen LogP contribution in [0.1, 0.15) is 12.7 Å². The zero-order valence-electron chi connectivity index (χ0n) is 15.3. The molecule has 1 aliphatic rings. The van der Waals surface area contributed by atoms with Crippen LogP contribution in [0.3, 0.4) is 0 Å². The Morgan fingerprint density at radius 2 is 1.85 bits per heavy atom. The van der Waals surface area contributed by atoms with E-state index in [4.69, 9.17) is 0 Å². The summed E-state index contributed by atoms with van der Waals surface area (Å²) in [6.07, 6.45) is 3.65. The minimum atomic E-state index is 0.764. The lowest BCUT2D eigenvalue weighted by molar-refractivity contribution is 0.635. The van der Waals surface area contributed by atoms with Crippen molar-refractivity contribution in [3.05, 3.63) is 24.3 Å². The van der Waals surface area contributed by atoms with E-state index >= 15 is 0 Å². The summed E-state index contributed by atoms with van der Waals surface area (Å²) in [7, 11) is 1.91. The summed E-state index contributed by atoms with van der Waals surface area (Å²) in [5.74, 6) is 3.36. The number of rotatable bonds is 4. The van der Waals surface area contributed by atoms with E-state index < -0.39 is 0 Å². The molecule has 1 saturated heterocycles. The molecular weight excluding hydrogens is 330 g/mol. The van der Waals surface area contributed by atoms with Crippen molar-refractivity contribution < 1.29 is 0 Å². The molecule has 1 aliphatic heterocycles. The second kappa shape index (κ2) is 6.74. The van der Waals surface area contributed by atoms with Gasteiger partial charge in [-0.15, -0.1) is 0 Å². The lowest BCUT2D eigenvalue weighted by Gasteiger charge is -2.35. The van der Waals surface area contributed by atoms with Crippen LogP contribution in [0.4, 0.5) is 17.6 Å². The summed E-state index contributed by atoms with van der Waals surface area (Å²) in [6.45, 7) is 8.24. The van der Waals surface area contributed by atoms with Crippen LogP contribution in [-0.4, -0.2) is 62.4 Å². The summed E-state index contributed by atoms with van der Waals surface area (Å²) in [6, 6.07) is 1.89. The Balaban J connectivity index is 1.53. The molecule has 3 aromatic heterocycles. The van der Waals surface area contributed by atoms with Gasteiger partial charge in [0.2, 0.25) is 5.95 Å². The molecule has 0 atom stereocenters. The summed E-state index contributed by atoms with van der Waals surface area (Å²) >= 11 is 0. The van der Waals surface area contributed by atoms with Crippen molar-refractivity contribution in [3.8, 4) is 0 Å². The number of anilines is 3. The highest BCUT2D eigenvalue weighted by Gasteiger charge is 2.23. The first kappa shape index (κ1) is 16.5. The average molecular weight is 353 g/mol. The first-order valence-electron chi connectivity index (χ1n) is 8.89. The van der Waals surface area contributed by atoms with Crippen LogP contribution in [0.5, 0.6) is 0 Å². The third-order valence-electron chi connectivity index (χ3n) is 4.55. The van der Waals surface area contributed by atoms with Gasteiger partial charge in [0.15, 0.2) is 5.65 Å². The van der Waals surface area contributed by atoms with Crippen molar-refractivity contribution in [1.82, 2.24) is 29.7 Å². The summed E-state index contributed by atoms with van der Waals surface area (Å²) in [5.41, 5.74) is 0.872. The highest BCUT2D eigenvalue weighted by molar-refractivity contribution is 5.87. The van der Waals surface area contributed by atoms with Crippen molar-refractivity contribution in [2.75, 3.05) is 47.8 Å². The number of hydrogen-bond acceptors (Lipinski definition) is 8. The van der Waals surface area contributed by atoms with Crippen LogP contribution in [-0.2, 0) is 7.05 Å². The lowest BCUT2D eigenvalue weighted by atomic mass is 10.3. The second-order valence-corrected chi connectivity index (χ2v) is 6.35. The second-order valence-electron chi connectivity index (χ2n) is 6.35. The molecule has 26 heavy (non-hydrogen) atoms. The molecule has 0 unspecified atom stereocenters. The molecule has 0 radical (unpaired) electrons. The van der Waals surface area contributed by atoms with Crippen LogP contribution in [0.15, 0.2) is 18.5 Å². The molecule has 1 N–H and O–H groups in total. The van der Waals surface area contributed by atoms with Gasteiger partial charge in [-0.05, 0) is 19.9 Å². The molecular formula is C17H23N9. The number of nitrogens with zero attached hydrogens (tertiary/aromatic N) is 8. The quantitative estimate of drug-likeness (QED) is 0.749. The molecule has 4 heterocycles. The van der Waals surface area contributed by atoms with Crippen LogP contribution < -0.4 is 15.1 Å². The zero-order chi connectivity index (χ0) is 18.1. The number of fused-ring (bicyclic) bond motifs is 1. The van der Waals surface area contributed by atoms with Gasteiger partial charge in [0.1, 0.15) is 17.5 Å². The average Bonchev–Trinajstić information content (AvgIpc) is 3.03. The molecule has 0 saturated carbocycles. The molecule has 0 aromatic carbocycles. The molecule has 0 aliphatic carbocycles. The van der Waals surface area contributed by atoms with Crippen molar-refractivity contribution in [1.29, 1.82) is 0 Å². The summed E-state index contributed by atoms with van der Waals surface area (Å²) < 4.78 is 1.80. The highest BCUT2D eigenvalue weighted by atomic mass is 15.3. The minimum Gasteiger partial charge on any atom is -0.370 e. The van der Waals surface area contributed by atoms with Crippen molar-refractivity contribution in [2.24, 2.45) is 7.05 Å². The van der Waals surface area contributed by atoms with E-state index in [1.807, 2.05) is 26.2 Å². The first-order chi connectivity index (χ1) is 12.7. The van der Waals surface area contributed by atoms with Gasteiger partial charge < -0.3 is 15.1 Å². The fourth-order valence-corrected chi connectivity index (χ4v) is 3.25. The van der Waals surface area contributed by atoms with E-state index in [1.54, 1.807) is 10.9 Å². The van der Waals surface area contributed by atoms with Crippen molar-refractivity contribution in [2.45, 2.75) is 13.8 Å². The minimum absolute atomic E-state index is 0.764. The molecule has 9 nitrogen and oxygen atoms in total. The monoisotopic (exact) mass is 353 g/mol. The molecule has 0 spiro atoms.